The lowest BCUT2D eigenvalue weighted by atomic mass is 9.75. The van der Waals surface area contributed by atoms with Crippen LogP contribution >= 0.6 is 0 Å². The quantitative estimate of drug-likeness (QED) is 0.129. The second-order valence-electron chi connectivity index (χ2n) is 16.2. The number of hydrogen-bond donors (Lipinski definition) is 0. The average Bonchev–Trinajstić information content (AvgIpc) is 2.92. The van der Waals surface area contributed by atoms with E-state index in [4.69, 9.17) is 14.2 Å². The van der Waals surface area contributed by atoms with Crippen molar-refractivity contribution in [2.75, 3.05) is 7.11 Å². The molecule has 44 heavy (non-hydrogen) atoms. The van der Waals surface area contributed by atoms with Crippen LogP contribution in [0.25, 0.3) is 0 Å². The third kappa shape index (κ3) is 10.5. The molecule has 0 unspecified atom stereocenters. The van der Waals surface area contributed by atoms with E-state index in [-0.39, 0.29) is 17.5 Å². The number of ether oxygens (including phenoxy) is 3. The molecule has 1 aromatic carbocycles. The van der Waals surface area contributed by atoms with Gasteiger partial charge in [-0.25, -0.2) is 0 Å². The highest BCUT2D eigenvalue weighted by molar-refractivity contribution is 5.82. The third-order valence-electron chi connectivity index (χ3n) is 10.2. The molecule has 5 heteroatoms. The zero-order valence-electron chi connectivity index (χ0n) is 30.8. The van der Waals surface area contributed by atoms with E-state index in [1.54, 1.807) is 13.8 Å². The van der Waals surface area contributed by atoms with Gasteiger partial charge in [0.25, 0.3) is 0 Å². The average molecular weight is 615 g/mol. The van der Waals surface area contributed by atoms with Crippen LogP contribution in [0.2, 0.25) is 0 Å². The second kappa shape index (κ2) is 16.0. The summed E-state index contributed by atoms with van der Waals surface area (Å²) >= 11 is 0. The van der Waals surface area contributed by atoms with Crippen molar-refractivity contribution in [2.45, 2.75) is 166 Å². The van der Waals surface area contributed by atoms with Crippen LogP contribution in [0.15, 0.2) is 0 Å². The molecular formula is C39H66O5. The van der Waals surface area contributed by atoms with Crippen molar-refractivity contribution < 1.29 is 23.8 Å². The largest absolute Gasteiger partial charge is 0.487 e. The summed E-state index contributed by atoms with van der Waals surface area (Å²) < 4.78 is 17.9. The molecule has 1 aliphatic heterocycles. The van der Waals surface area contributed by atoms with Gasteiger partial charge < -0.3 is 14.2 Å². The Labute approximate surface area is 270 Å². The summed E-state index contributed by atoms with van der Waals surface area (Å²) in [5.74, 6) is 3.36. The van der Waals surface area contributed by atoms with Gasteiger partial charge in [0.05, 0.1) is 17.9 Å². The van der Waals surface area contributed by atoms with Crippen LogP contribution in [-0.4, -0.2) is 24.6 Å². The standard InChI is InChI=1S/C39H66O5/c1-26(2)17-14-18-27(3)19-15-20-28(4)21-16-23-39(12)24-22-32-31(7)33(29(5)30(6)34(32)44-39)43-36(41)38(10,11)25-37(8,9)35(40)42-13/h26-28H,14-25H2,1-13H3/t27-,28-,39+/m1/s1. The van der Waals surface area contributed by atoms with Crippen molar-refractivity contribution in [3.05, 3.63) is 22.3 Å². The Kier molecular flexibility index (Phi) is 13.9. The maximum atomic E-state index is 13.4. The van der Waals surface area contributed by atoms with E-state index in [1.165, 1.54) is 58.5 Å². The van der Waals surface area contributed by atoms with E-state index in [9.17, 15) is 9.59 Å². The maximum absolute atomic E-state index is 13.4. The molecule has 1 aliphatic rings. The molecule has 0 N–H and O–H groups in total. The number of methoxy groups -OCH3 is 1. The number of carbonyl (C=O) groups excluding carboxylic acids is 2. The Bertz CT molecular complexity index is 1110. The fourth-order valence-corrected chi connectivity index (χ4v) is 7.17. The first kappa shape index (κ1) is 38.1. The van der Waals surface area contributed by atoms with E-state index >= 15 is 0 Å². The van der Waals surface area contributed by atoms with Gasteiger partial charge in [-0.15, -0.1) is 0 Å². The molecule has 0 bridgehead atoms. The first-order valence-corrected chi connectivity index (χ1v) is 17.5. The predicted molar refractivity (Wildman–Crippen MR) is 183 cm³/mol. The van der Waals surface area contributed by atoms with Crippen LogP contribution < -0.4 is 9.47 Å². The summed E-state index contributed by atoms with van der Waals surface area (Å²) in [6.45, 7) is 25.2. The van der Waals surface area contributed by atoms with Crippen LogP contribution in [0.1, 0.15) is 155 Å². The lowest BCUT2D eigenvalue weighted by Gasteiger charge is -2.38. The molecule has 2 rings (SSSR count). The summed E-state index contributed by atoms with van der Waals surface area (Å²) in [5.41, 5.74) is 2.27. The molecule has 5 nitrogen and oxygen atoms in total. The summed E-state index contributed by atoms with van der Waals surface area (Å²) in [6, 6.07) is 0. The molecule has 0 radical (unpaired) electrons. The van der Waals surface area contributed by atoms with Gasteiger partial charge in [0.15, 0.2) is 0 Å². The Morgan fingerprint density at radius 3 is 1.86 bits per heavy atom. The number of rotatable bonds is 17. The molecule has 0 aliphatic carbocycles. The molecule has 0 saturated carbocycles. The number of benzene rings is 1. The fourth-order valence-electron chi connectivity index (χ4n) is 7.17. The highest BCUT2D eigenvalue weighted by Crippen LogP contribution is 2.46. The van der Waals surface area contributed by atoms with Crippen LogP contribution in [0.4, 0.5) is 0 Å². The van der Waals surface area contributed by atoms with Crippen molar-refractivity contribution >= 4 is 11.9 Å². The molecule has 0 saturated heterocycles. The number of esters is 2. The highest BCUT2D eigenvalue weighted by atomic mass is 16.5. The summed E-state index contributed by atoms with van der Waals surface area (Å²) in [5, 5.41) is 0. The van der Waals surface area contributed by atoms with Gasteiger partial charge in [-0.1, -0.05) is 72.6 Å². The number of carbonyl (C=O) groups is 2. The fraction of sp³-hybridized carbons (Fsp3) is 0.795. The van der Waals surface area contributed by atoms with E-state index in [1.807, 2.05) is 27.7 Å². The molecule has 1 heterocycles. The van der Waals surface area contributed by atoms with Crippen molar-refractivity contribution in [2.24, 2.45) is 28.6 Å². The Hall–Kier alpha value is -2.04. The SMILES string of the molecule is COC(=O)C(C)(C)CC(C)(C)C(=O)Oc1c(C)c(C)c2c(c1C)CC[C@](C)(CCC[C@H](C)CCC[C@H](C)CCCC(C)C)O2. The van der Waals surface area contributed by atoms with E-state index in [0.29, 0.717) is 12.2 Å². The van der Waals surface area contributed by atoms with Crippen molar-refractivity contribution in [1.82, 2.24) is 0 Å². The summed E-state index contributed by atoms with van der Waals surface area (Å²) in [7, 11) is 1.38. The second-order valence-corrected chi connectivity index (χ2v) is 16.2. The molecule has 0 aromatic heterocycles. The van der Waals surface area contributed by atoms with Gasteiger partial charge in [-0.3, -0.25) is 9.59 Å². The molecule has 252 valence electrons. The van der Waals surface area contributed by atoms with Crippen LogP contribution in [-0.2, 0) is 20.7 Å². The molecule has 1 aromatic rings. The smallest absolute Gasteiger partial charge is 0.316 e. The minimum atomic E-state index is -0.863. The molecule has 0 spiro atoms. The zero-order valence-corrected chi connectivity index (χ0v) is 30.8. The van der Waals surface area contributed by atoms with Crippen molar-refractivity contribution in [1.29, 1.82) is 0 Å². The molecule has 0 amide bonds. The van der Waals surface area contributed by atoms with Gasteiger partial charge in [0, 0.05) is 5.56 Å². The van der Waals surface area contributed by atoms with Crippen LogP contribution in [0.3, 0.4) is 0 Å². The first-order chi connectivity index (χ1) is 20.3. The summed E-state index contributed by atoms with van der Waals surface area (Å²) in [4.78, 5) is 25.7. The Balaban J connectivity index is 1.99. The van der Waals surface area contributed by atoms with Gasteiger partial charge in [0.2, 0.25) is 0 Å². The minimum Gasteiger partial charge on any atom is -0.487 e. The monoisotopic (exact) mass is 614 g/mol. The van der Waals surface area contributed by atoms with E-state index in [0.717, 1.165) is 65.0 Å². The van der Waals surface area contributed by atoms with Crippen LogP contribution in [0.5, 0.6) is 11.5 Å². The minimum absolute atomic E-state index is 0.180. The van der Waals surface area contributed by atoms with E-state index < -0.39 is 10.8 Å². The van der Waals surface area contributed by atoms with Crippen LogP contribution in [0, 0.1) is 49.4 Å². The van der Waals surface area contributed by atoms with Gasteiger partial charge in [0.1, 0.15) is 17.1 Å². The first-order valence-electron chi connectivity index (χ1n) is 17.5. The zero-order chi connectivity index (χ0) is 33.5. The van der Waals surface area contributed by atoms with Crippen molar-refractivity contribution in [3.8, 4) is 11.5 Å². The topological polar surface area (TPSA) is 61.8 Å². The third-order valence-corrected chi connectivity index (χ3v) is 10.2. The molecular weight excluding hydrogens is 548 g/mol. The van der Waals surface area contributed by atoms with Crippen molar-refractivity contribution in [3.63, 3.8) is 0 Å². The van der Waals surface area contributed by atoms with Gasteiger partial charge >= 0.3 is 11.9 Å². The Morgan fingerprint density at radius 2 is 1.32 bits per heavy atom. The lowest BCUT2D eigenvalue weighted by Crippen LogP contribution is -2.38. The summed E-state index contributed by atoms with van der Waals surface area (Å²) in [6.07, 6.45) is 13.8. The normalized spacial score (nSPS) is 18.4. The predicted octanol–water partition coefficient (Wildman–Crippen LogP) is 10.7. The number of fused-ring (bicyclic) bond motifs is 1. The molecule has 3 atom stereocenters. The van der Waals surface area contributed by atoms with E-state index in [2.05, 4.69) is 41.5 Å². The maximum Gasteiger partial charge on any atom is 0.316 e. The highest BCUT2D eigenvalue weighted by Gasteiger charge is 2.42. The Morgan fingerprint density at radius 1 is 0.795 bits per heavy atom. The van der Waals surface area contributed by atoms with Gasteiger partial charge in [-0.2, -0.15) is 0 Å². The van der Waals surface area contributed by atoms with Gasteiger partial charge in [-0.05, 0) is 122 Å². The molecule has 0 fully saturated rings. The lowest BCUT2D eigenvalue weighted by molar-refractivity contribution is -0.155. The number of hydrogen-bond acceptors (Lipinski definition) is 5.